The first-order chi connectivity index (χ1) is 36.6. The minimum Gasteiger partial charge on any atom is -0.357 e. The zero-order chi connectivity index (χ0) is 49.8. The van der Waals surface area contributed by atoms with Gasteiger partial charge in [0.15, 0.2) is 0 Å². The Kier molecular flexibility index (Phi) is 13.1. The predicted molar refractivity (Wildman–Crippen MR) is 313 cm³/mol. The molecule has 3 heteroatoms. The molecule has 3 unspecified atom stereocenters. The molecule has 12 rings (SSSR count). The SMILES string of the molecule is CC1=C(c2c(C)cc(N(c3ccccc3)C3C=CC(N(c4ccccc4)c4ccccc4)=CC3)c3ccccc23)c2ccccc2C(N(c2ccc(C(c3ccccc3)c3ccccc3)cc2)C2C=CC=CC2)C1. The van der Waals surface area contributed by atoms with E-state index in [1.165, 1.54) is 83.6 Å². The highest BCUT2D eigenvalue weighted by Gasteiger charge is 2.35. The zero-order valence-electron chi connectivity index (χ0n) is 42.3. The molecule has 0 spiro atoms. The monoisotopic (exact) mass is 955 g/mol. The summed E-state index contributed by atoms with van der Waals surface area (Å²) in [5.74, 6) is 0.143. The average Bonchev–Trinajstić information content (AvgIpc) is 3.47. The highest BCUT2D eigenvalue weighted by atomic mass is 15.2. The van der Waals surface area contributed by atoms with Crippen LogP contribution in [0.2, 0.25) is 0 Å². The van der Waals surface area contributed by atoms with Gasteiger partial charge in [0.05, 0.1) is 18.1 Å². The molecule has 0 aliphatic heterocycles. The van der Waals surface area contributed by atoms with Gasteiger partial charge in [0.1, 0.15) is 0 Å². The van der Waals surface area contributed by atoms with Gasteiger partial charge in [-0.1, -0.05) is 218 Å². The predicted octanol–water partition coefficient (Wildman–Crippen LogP) is 18.2. The van der Waals surface area contributed by atoms with Crippen molar-refractivity contribution in [2.45, 2.75) is 57.2 Å². The van der Waals surface area contributed by atoms with E-state index in [-0.39, 0.29) is 24.0 Å². The van der Waals surface area contributed by atoms with Gasteiger partial charge in [0, 0.05) is 45.4 Å². The first-order valence-electron chi connectivity index (χ1n) is 26.3. The smallest absolute Gasteiger partial charge is 0.0592 e. The fraction of sp³-hybridized carbons (Fsp3) is 0.127. The molecule has 9 aromatic rings. The molecule has 0 radical (unpaired) electrons. The molecule has 0 aromatic heterocycles. The van der Waals surface area contributed by atoms with Gasteiger partial charge in [0.2, 0.25) is 0 Å². The van der Waals surface area contributed by atoms with Crippen molar-refractivity contribution in [3.63, 3.8) is 0 Å². The summed E-state index contributed by atoms with van der Waals surface area (Å²) in [5, 5.41) is 2.53. The summed E-state index contributed by atoms with van der Waals surface area (Å²) >= 11 is 0. The number of hydrogen-bond donors (Lipinski definition) is 0. The van der Waals surface area contributed by atoms with Crippen molar-refractivity contribution in [1.29, 1.82) is 0 Å². The number of rotatable bonds is 13. The quantitative estimate of drug-likeness (QED) is 0.107. The minimum absolute atomic E-state index is 0.0895. The van der Waals surface area contributed by atoms with Gasteiger partial charge in [-0.25, -0.2) is 0 Å². The van der Waals surface area contributed by atoms with Crippen molar-refractivity contribution in [2.24, 2.45) is 0 Å². The molecule has 3 atom stereocenters. The van der Waals surface area contributed by atoms with Crippen LogP contribution >= 0.6 is 0 Å². The van der Waals surface area contributed by atoms with E-state index < -0.39 is 0 Å². The number of hydrogen-bond acceptors (Lipinski definition) is 3. The van der Waals surface area contributed by atoms with Crippen LogP contribution in [0.4, 0.5) is 28.4 Å². The Morgan fingerprint density at radius 2 is 1.03 bits per heavy atom. The number of allylic oxidation sites excluding steroid dienone is 3. The number of anilines is 5. The van der Waals surface area contributed by atoms with Crippen molar-refractivity contribution in [1.82, 2.24) is 0 Å². The summed E-state index contributed by atoms with van der Waals surface area (Å²) in [7, 11) is 0. The van der Waals surface area contributed by atoms with Gasteiger partial charge >= 0.3 is 0 Å². The number of nitrogens with zero attached hydrogens (tertiary/aromatic N) is 3. The largest absolute Gasteiger partial charge is 0.357 e. The van der Waals surface area contributed by atoms with Crippen molar-refractivity contribution in [3.05, 3.63) is 323 Å². The Bertz CT molecular complexity index is 3480. The van der Waals surface area contributed by atoms with E-state index in [1.54, 1.807) is 0 Å². The van der Waals surface area contributed by atoms with Crippen molar-refractivity contribution in [2.75, 3.05) is 14.7 Å². The highest BCUT2D eigenvalue weighted by Crippen LogP contribution is 2.50. The molecule has 360 valence electrons. The Morgan fingerprint density at radius 1 is 0.473 bits per heavy atom. The van der Waals surface area contributed by atoms with Gasteiger partial charge in [0.25, 0.3) is 0 Å². The molecule has 0 saturated heterocycles. The van der Waals surface area contributed by atoms with Gasteiger partial charge in [-0.15, -0.1) is 0 Å². The number of aryl methyl sites for hydroxylation is 1. The molecule has 0 amide bonds. The summed E-state index contributed by atoms with van der Waals surface area (Å²) in [6, 6.07) is 85.0. The standard InChI is InChI=1S/C71H61N3/c1-51-49-67(73(58-33-17-7-18-34-58)61-43-41-55(42-44-61)71(53-25-9-3-10-26-53)54-27-11-4-12-28-54)63-37-21-23-39-65(63)69(51)70-52(2)50-68(64-38-22-24-40-66(64)70)74(59-35-19-8-20-36-59)62-47-45-60(46-48-62)72(56-29-13-5-14-30-56)57-31-15-6-16-32-57/h3-33,35-47,50,58,62,67,71H,34,48-49H2,1-2H3. The van der Waals surface area contributed by atoms with Crippen LogP contribution in [0.3, 0.4) is 0 Å². The number of para-hydroxylation sites is 3. The molecule has 0 bridgehead atoms. The van der Waals surface area contributed by atoms with E-state index in [0.717, 1.165) is 30.6 Å². The Morgan fingerprint density at radius 3 is 1.62 bits per heavy atom. The first kappa shape index (κ1) is 46.4. The van der Waals surface area contributed by atoms with Gasteiger partial charge < -0.3 is 14.7 Å². The molecule has 0 heterocycles. The lowest BCUT2D eigenvalue weighted by Crippen LogP contribution is -2.39. The second-order valence-corrected chi connectivity index (χ2v) is 20.0. The lowest BCUT2D eigenvalue weighted by Gasteiger charge is -2.43. The zero-order valence-corrected chi connectivity index (χ0v) is 42.3. The maximum atomic E-state index is 2.71. The highest BCUT2D eigenvalue weighted by molar-refractivity contribution is 6.07. The van der Waals surface area contributed by atoms with Crippen molar-refractivity contribution >= 4 is 44.8 Å². The normalized spacial score (nSPS) is 17.0. The number of fused-ring (bicyclic) bond motifs is 2. The Labute approximate surface area is 437 Å². The van der Waals surface area contributed by atoms with Crippen molar-refractivity contribution < 1.29 is 0 Å². The lowest BCUT2D eigenvalue weighted by atomic mass is 9.76. The molecular weight excluding hydrogens is 895 g/mol. The van der Waals surface area contributed by atoms with E-state index in [1.807, 2.05) is 0 Å². The molecule has 9 aromatic carbocycles. The summed E-state index contributed by atoms with van der Waals surface area (Å²) in [6.45, 7) is 4.73. The second-order valence-electron chi connectivity index (χ2n) is 20.0. The van der Waals surface area contributed by atoms with Crippen LogP contribution in [0.25, 0.3) is 16.3 Å². The third-order valence-electron chi connectivity index (χ3n) is 15.4. The maximum absolute atomic E-state index is 2.71. The maximum Gasteiger partial charge on any atom is 0.0592 e. The van der Waals surface area contributed by atoms with Gasteiger partial charge in [-0.05, 0) is 144 Å². The Balaban J connectivity index is 0.924. The summed E-state index contributed by atoms with van der Waals surface area (Å²) in [6.07, 6.45) is 19.0. The number of benzene rings is 9. The molecular formula is C71H61N3. The van der Waals surface area contributed by atoms with Crippen LogP contribution in [0.15, 0.2) is 284 Å². The molecule has 3 nitrogen and oxygen atoms in total. The third-order valence-corrected chi connectivity index (χ3v) is 15.4. The molecule has 3 aliphatic rings. The molecule has 3 aliphatic carbocycles. The van der Waals surface area contributed by atoms with Gasteiger partial charge in [-0.3, -0.25) is 0 Å². The lowest BCUT2D eigenvalue weighted by molar-refractivity contribution is 0.556. The van der Waals surface area contributed by atoms with E-state index in [4.69, 9.17) is 0 Å². The van der Waals surface area contributed by atoms with E-state index in [2.05, 4.69) is 302 Å². The average molecular weight is 956 g/mol. The Hall–Kier alpha value is -8.66. The molecule has 0 N–H and O–H groups in total. The van der Waals surface area contributed by atoms with Crippen LogP contribution in [-0.4, -0.2) is 12.1 Å². The second kappa shape index (κ2) is 20.8. The van der Waals surface area contributed by atoms with Crippen LogP contribution in [0.1, 0.15) is 77.1 Å². The fourth-order valence-corrected chi connectivity index (χ4v) is 12.1. The van der Waals surface area contributed by atoms with Crippen LogP contribution in [-0.2, 0) is 0 Å². The van der Waals surface area contributed by atoms with Crippen LogP contribution in [0, 0.1) is 6.92 Å². The summed E-state index contributed by atoms with van der Waals surface area (Å²) in [5.41, 5.74) is 19.1. The summed E-state index contributed by atoms with van der Waals surface area (Å²) in [4.78, 5) is 7.65. The third kappa shape index (κ3) is 9.00. The van der Waals surface area contributed by atoms with Crippen LogP contribution < -0.4 is 14.7 Å². The van der Waals surface area contributed by atoms with E-state index in [0.29, 0.717) is 0 Å². The summed E-state index contributed by atoms with van der Waals surface area (Å²) < 4.78 is 0. The fourth-order valence-electron chi connectivity index (χ4n) is 12.1. The van der Waals surface area contributed by atoms with Crippen LogP contribution in [0.5, 0.6) is 0 Å². The molecule has 74 heavy (non-hydrogen) atoms. The van der Waals surface area contributed by atoms with Crippen molar-refractivity contribution in [3.8, 4) is 0 Å². The van der Waals surface area contributed by atoms with Gasteiger partial charge in [-0.2, -0.15) is 0 Å². The topological polar surface area (TPSA) is 9.72 Å². The molecule has 0 fully saturated rings. The molecule has 0 saturated carbocycles. The first-order valence-corrected chi connectivity index (χ1v) is 26.3. The van der Waals surface area contributed by atoms with E-state index >= 15 is 0 Å². The minimum atomic E-state index is 0.0895. The van der Waals surface area contributed by atoms with E-state index in [9.17, 15) is 0 Å².